The van der Waals surface area contributed by atoms with E-state index in [4.69, 9.17) is 9.47 Å². The number of ether oxygens (including phenoxy) is 2. The predicted octanol–water partition coefficient (Wildman–Crippen LogP) is 4.14. The van der Waals surface area contributed by atoms with Crippen molar-refractivity contribution < 1.29 is 14.6 Å². The third-order valence-electron chi connectivity index (χ3n) is 5.85. The third kappa shape index (κ3) is 1.93. The second-order valence-electron chi connectivity index (χ2n) is 7.43. The van der Waals surface area contributed by atoms with Gasteiger partial charge < -0.3 is 24.4 Å². The van der Waals surface area contributed by atoms with Crippen LogP contribution >= 0.6 is 0 Å². The van der Waals surface area contributed by atoms with Gasteiger partial charge in [-0.1, -0.05) is 24.3 Å². The minimum Gasteiger partial charge on any atom is -0.627 e. The van der Waals surface area contributed by atoms with Gasteiger partial charge in [-0.05, 0) is 29.3 Å². The second-order valence-corrected chi connectivity index (χ2v) is 7.43. The number of phenolic OH excluding ortho intramolecular Hbond substituents is 1. The van der Waals surface area contributed by atoms with Crippen molar-refractivity contribution >= 4 is 5.69 Å². The molecule has 1 saturated heterocycles. The van der Waals surface area contributed by atoms with E-state index in [1.807, 2.05) is 36.4 Å². The fourth-order valence-electron chi connectivity index (χ4n) is 4.34. The van der Waals surface area contributed by atoms with Crippen LogP contribution in [0.4, 0.5) is 5.69 Å². The number of quaternary nitrogens is 1. The Balaban J connectivity index is 1.65. The first-order valence-corrected chi connectivity index (χ1v) is 9.07. The molecule has 3 aromatic carbocycles. The van der Waals surface area contributed by atoms with Crippen LogP contribution in [0.3, 0.4) is 0 Å². The van der Waals surface area contributed by atoms with Gasteiger partial charge in [0.15, 0.2) is 5.60 Å². The van der Waals surface area contributed by atoms with Gasteiger partial charge in [0.05, 0.1) is 6.61 Å². The monoisotopic (exact) mass is 359 g/mol. The van der Waals surface area contributed by atoms with Crippen LogP contribution in [0.2, 0.25) is 0 Å². The van der Waals surface area contributed by atoms with Crippen LogP contribution in [-0.4, -0.2) is 18.2 Å². The van der Waals surface area contributed by atoms with Crippen molar-refractivity contribution in [3.8, 4) is 17.2 Å². The van der Waals surface area contributed by atoms with E-state index in [1.54, 1.807) is 12.1 Å². The zero-order chi connectivity index (χ0) is 18.2. The first-order valence-electron chi connectivity index (χ1n) is 9.07. The molecule has 3 aliphatic heterocycles. The van der Waals surface area contributed by atoms with E-state index in [-0.39, 0.29) is 10.4 Å². The van der Waals surface area contributed by atoms with E-state index >= 15 is 0 Å². The molecule has 5 heteroatoms. The lowest BCUT2D eigenvalue weighted by atomic mass is 9.77. The highest BCUT2D eigenvalue weighted by atomic mass is 16.6. The average Bonchev–Trinajstić information content (AvgIpc) is 3.32. The van der Waals surface area contributed by atoms with Crippen molar-refractivity contribution in [2.45, 2.75) is 12.2 Å². The topological polar surface area (TPSA) is 61.8 Å². The number of hydrogen-bond donors (Lipinski definition) is 1. The summed E-state index contributed by atoms with van der Waals surface area (Å²) in [5.41, 5.74) is 3.86. The zero-order valence-corrected chi connectivity index (χ0v) is 14.5. The largest absolute Gasteiger partial charge is 0.627 e. The number of nitrogens with zero attached hydrogens (tertiary/aromatic N) is 1. The van der Waals surface area contributed by atoms with Crippen molar-refractivity contribution in [3.63, 3.8) is 0 Å². The van der Waals surface area contributed by atoms with E-state index in [1.165, 1.54) is 0 Å². The summed E-state index contributed by atoms with van der Waals surface area (Å²) < 4.78 is 12.3. The molecule has 0 bridgehead atoms. The van der Waals surface area contributed by atoms with Crippen molar-refractivity contribution in [1.29, 1.82) is 0 Å². The van der Waals surface area contributed by atoms with Gasteiger partial charge in [-0.2, -0.15) is 0 Å². The maximum absolute atomic E-state index is 12.5. The van der Waals surface area contributed by atoms with Gasteiger partial charge in [0.25, 0.3) is 0 Å². The molecule has 0 radical (unpaired) electrons. The fourth-order valence-corrected chi connectivity index (χ4v) is 4.34. The quantitative estimate of drug-likeness (QED) is 0.403. The van der Waals surface area contributed by atoms with Crippen molar-refractivity contribution in [1.82, 2.24) is 4.65 Å². The molecular formula is C22H17NO4. The predicted molar refractivity (Wildman–Crippen MR) is 101 cm³/mol. The lowest BCUT2D eigenvalue weighted by Crippen LogP contribution is -2.32. The summed E-state index contributed by atoms with van der Waals surface area (Å²) in [6, 6.07) is 19.0. The molecule has 0 aromatic heterocycles. The summed E-state index contributed by atoms with van der Waals surface area (Å²) in [7, 11) is 0. The molecule has 0 amide bonds. The Kier molecular flexibility index (Phi) is 2.76. The van der Waals surface area contributed by atoms with E-state index in [9.17, 15) is 10.3 Å². The molecule has 1 atom stereocenters. The molecule has 3 aliphatic rings. The summed E-state index contributed by atoms with van der Waals surface area (Å²) in [4.78, 5) is 0. The van der Waals surface area contributed by atoms with Gasteiger partial charge in [-0.3, -0.25) is 0 Å². The molecule has 1 spiro atoms. The van der Waals surface area contributed by atoms with Crippen LogP contribution in [0.1, 0.15) is 22.3 Å². The van der Waals surface area contributed by atoms with Crippen LogP contribution in [0.25, 0.3) is 0 Å². The van der Waals surface area contributed by atoms with Crippen LogP contribution < -0.4 is 9.38 Å². The maximum atomic E-state index is 12.5. The second kappa shape index (κ2) is 4.89. The van der Waals surface area contributed by atoms with Gasteiger partial charge in [0.1, 0.15) is 36.0 Å². The van der Waals surface area contributed by atoms with Crippen LogP contribution in [-0.2, 0) is 16.9 Å². The van der Waals surface area contributed by atoms with Crippen molar-refractivity contribution in [3.05, 3.63) is 88.1 Å². The highest BCUT2D eigenvalue weighted by molar-refractivity contribution is 5.67. The molecule has 134 valence electrons. The molecule has 3 heterocycles. The number of rotatable bonds is 1. The number of fused-ring (bicyclic) bond motifs is 6. The smallest absolute Gasteiger partial charge is 0.151 e. The Morgan fingerprint density at radius 3 is 2.44 bits per heavy atom. The van der Waals surface area contributed by atoms with Crippen molar-refractivity contribution in [2.24, 2.45) is 0 Å². The number of hydroxylamine groups is 2. The SMILES string of the molecule is [O-][N+]1(c2ccc3c(c2)Oc2cc(O)ccc2C32OCc3ccccc32)CC1. The standard InChI is InChI=1S/C22H17NO4/c24-16-6-8-19-21(12-16)27-20-11-15(23(25)9-10-23)5-7-18(20)22(19)17-4-2-1-3-14(17)13-26-22/h1-8,11-12,24H,9-10,13H2. The Labute approximate surface area is 156 Å². The highest BCUT2D eigenvalue weighted by Crippen LogP contribution is 2.57. The zero-order valence-electron chi connectivity index (χ0n) is 14.5. The van der Waals surface area contributed by atoms with E-state index in [2.05, 4.69) is 12.1 Å². The first kappa shape index (κ1) is 15.2. The minimum atomic E-state index is -0.793. The van der Waals surface area contributed by atoms with Crippen LogP contribution in [0.5, 0.6) is 17.2 Å². The number of aromatic hydroxyl groups is 1. The van der Waals surface area contributed by atoms with Gasteiger partial charge in [0, 0.05) is 29.3 Å². The Morgan fingerprint density at radius 2 is 1.63 bits per heavy atom. The number of benzene rings is 3. The fraction of sp³-hybridized carbons (Fsp3) is 0.182. The molecule has 27 heavy (non-hydrogen) atoms. The lowest BCUT2D eigenvalue weighted by Gasteiger charge is -2.37. The lowest BCUT2D eigenvalue weighted by molar-refractivity contribution is 0.0199. The molecule has 0 aliphatic carbocycles. The summed E-state index contributed by atoms with van der Waals surface area (Å²) in [6.45, 7) is 1.69. The molecule has 1 N–H and O–H groups in total. The van der Waals surface area contributed by atoms with Gasteiger partial charge in [-0.25, -0.2) is 0 Å². The normalized spacial score (nSPS) is 23.3. The average molecular weight is 359 g/mol. The molecule has 5 nitrogen and oxygen atoms in total. The van der Waals surface area contributed by atoms with Gasteiger partial charge >= 0.3 is 0 Å². The summed E-state index contributed by atoms with van der Waals surface area (Å²) in [5, 5.41) is 22.5. The molecule has 1 fully saturated rings. The molecule has 3 aromatic rings. The molecular weight excluding hydrogens is 342 g/mol. The van der Waals surface area contributed by atoms with E-state index in [0.717, 1.165) is 22.3 Å². The maximum Gasteiger partial charge on any atom is 0.151 e. The Hall–Kier alpha value is -2.86. The molecule has 1 unspecified atom stereocenters. The summed E-state index contributed by atoms with van der Waals surface area (Å²) in [5.74, 6) is 1.30. The Morgan fingerprint density at radius 1 is 0.889 bits per heavy atom. The Bertz CT molecular complexity index is 1110. The van der Waals surface area contributed by atoms with Gasteiger partial charge in [-0.15, -0.1) is 0 Å². The van der Waals surface area contributed by atoms with Crippen LogP contribution in [0, 0.1) is 5.21 Å². The number of phenols is 1. The highest BCUT2D eigenvalue weighted by Gasteiger charge is 2.50. The molecule has 6 rings (SSSR count). The van der Waals surface area contributed by atoms with E-state index < -0.39 is 5.60 Å². The van der Waals surface area contributed by atoms with Gasteiger partial charge in [0.2, 0.25) is 0 Å². The first-order chi connectivity index (χ1) is 13.1. The minimum absolute atomic E-state index is 0.132. The number of hydrogen-bond acceptors (Lipinski definition) is 4. The van der Waals surface area contributed by atoms with Crippen LogP contribution in [0.15, 0.2) is 60.7 Å². The summed E-state index contributed by atoms with van der Waals surface area (Å²) >= 11 is 0. The van der Waals surface area contributed by atoms with E-state index in [0.29, 0.717) is 36.9 Å². The molecule has 0 saturated carbocycles. The third-order valence-corrected chi connectivity index (χ3v) is 5.85. The van der Waals surface area contributed by atoms with Crippen molar-refractivity contribution in [2.75, 3.05) is 13.1 Å². The summed E-state index contributed by atoms with van der Waals surface area (Å²) in [6.07, 6.45) is 0.